The van der Waals surface area contributed by atoms with Gasteiger partial charge in [-0.2, -0.15) is 0 Å². The molecule has 0 saturated carbocycles. The second kappa shape index (κ2) is 8.29. The van der Waals surface area contributed by atoms with Crippen LogP contribution in [0.15, 0.2) is 18.2 Å². The Kier molecular flexibility index (Phi) is 6.62. The Hall–Kier alpha value is -1.15. The number of anilines is 1. The van der Waals surface area contributed by atoms with Crippen molar-refractivity contribution >= 4 is 33.2 Å². The summed E-state index contributed by atoms with van der Waals surface area (Å²) in [5.41, 5.74) is 1.62. The Morgan fingerprint density at radius 3 is 2.79 bits per heavy atom. The number of hydrogen-bond donors (Lipinski definition) is 2. The monoisotopic (exact) mass is 373 g/mol. The van der Waals surface area contributed by atoms with E-state index < -0.39 is 10.0 Å². The van der Waals surface area contributed by atoms with Gasteiger partial charge < -0.3 is 5.32 Å². The van der Waals surface area contributed by atoms with E-state index in [0.717, 1.165) is 37.6 Å². The molecular formula is C16H24ClN3O3S. The van der Waals surface area contributed by atoms with Crippen LogP contribution in [-0.2, 0) is 14.8 Å². The smallest absolute Gasteiger partial charge is 0.238 e. The van der Waals surface area contributed by atoms with Gasteiger partial charge in [0.25, 0.3) is 0 Å². The zero-order chi connectivity index (χ0) is 17.7. The number of benzene rings is 1. The van der Waals surface area contributed by atoms with Gasteiger partial charge in [0.1, 0.15) is 0 Å². The van der Waals surface area contributed by atoms with Crippen LogP contribution in [0.3, 0.4) is 0 Å². The van der Waals surface area contributed by atoms with Crippen molar-refractivity contribution in [2.75, 3.05) is 31.2 Å². The van der Waals surface area contributed by atoms with Crippen LogP contribution in [0.4, 0.5) is 5.69 Å². The minimum Gasteiger partial charge on any atom is -0.325 e. The molecule has 1 aromatic rings. The Morgan fingerprint density at radius 1 is 1.38 bits per heavy atom. The minimum absolute atomic E-state index is 0.0424. The number of nitrogens with zero attached hydrogens (tertiary/aromatic N) is 1. The van der Waals surface area contributed by atoms with Crippen molar-refractivity contribution in [2.45, 2.75) is 32.2 Å². The van der Waals surface area contributed by atoms with E-state index in [2.05, 4.69) is 10.0 Å². The summed E-state index contributed by atoms with van der Waals surface area (Å²) in [5, 5.41) is 3.46. The SMILES string of the molecule is Cc1ccc(NC(=O)CN2CCCCC2CNS(C)(=O)=O)cc1Cl. The summed E-state index contributed by atoms with van der Waals surface area (Å²) >= 11 is 6.07. The zero-order valence-corrected chi connectivity index (χ0v) is 15.6. The maximum absolute atomic E-state index is 12.3. The molecule has 0 aliphatic carbocycles. The molecule has 0 bridgehead atoms. The van der Waals surface area contributed by atoms with Crippen molar-refractivity contribution in [1.29, 1.82) is 0 Å². The second-order valence-corrected chi connectivity index (χ2v) is 8.49. The molecule has 1 saturated heterocycles. The van der Waals surface area contributed by atoms with Crippen molar-refractivity contribution in [3.63, 3.8) is 0 Å². The van der Waals surface area contributed by atoms with E-state index >= 15 is 0 Å². The van der Waals surface area contributed by atoms with Gasteiger partial charge in [0.05, 0.1) is 12.8 Å². The predicted molar refractivity (Wildman–Crippen MR) is 96.9 cm³/mol. The molecule has 1 amide bonds. The molecule has 6 nitrogen and oxygen atoms in total. The lowest BCUT2D eigenvalue weighted by molar-refractivity contribution is -0.118. The highest BCUT2D eigenvalue weighted by Crippen LogP contribution is 2.20. The molecule has 1 aliphatic heterocycles. The van der Waals surface area contributed by atoms with E-state index in [9.17, 15) is 13.2 Å². The zero-order valence-electron chi connectivity index (χ0n) is 14.0. The number of piperidine rings is 1. The van der Waals surface area contributed by atoms with Gasteiger partial charge in [0.2, 0.25) is 15.9 Å². The van der Waals surface area contributed by atoms with Crippen LogP contribution in [0.1, 0.15) is 24.8 Å². The number of hydrogen-bond acceptors (Lipinski definition) is 4. The fraction of sp³-hybridized carbons (Fsp3) is 0.562. The Bertz CT molecular complexity index is 694. The highest BCUT2D eigenvalue weighted by atomic mass is 35.5. The minimum atomic E-state index is -3.22. The molecule has 2 N–H and O–H groups in total. The summed E-state index contributed by atoms with van der Waals surface area (Å²) in [6, 6.07) is 5.45. The third-order valence-electron chi connectivity index (χ3n) is 4.13. The van der Waals surface area contributed by atoms with Crippen LogP contribution in [-0.4, -0.2) is 51.2 Å². The van der Waals surface area contributed by atoms with E-state index in [1.54, 1.807) is 6.07 Å². The molecule has 1 aromatic carbocycles. The van der Waals surface area contributed by atoms with Gasteiger partial charge in [-0.25, -0.2) is 13.1 Å². The number of halogens is 1. The third kappa shape index (κ3) is 6.05. The van der Waals surface area contributed by atoms with E-state index in [1.165, 1.54) is 0 Å². The van der Waals surface area contributed by atoms with Crippen LogP contribution >= 0.6 is 11.6 Å². The molecule has 0 spiro atoms. The van der Waals surface area contributed by atoms with Crippen molar-refractivity contribution in [2.24, 2.45) is 0 Å². The van der Waals surface area contributed by atoms with Crippen LogP contribution in [0.25, 0.3) is 0 Å². The number of rotatable bonds is 6. The fourth-order valence-corrected chi connectivity index (χ4v) is 3.48. The summed E-state index contributed by atoms with van der Waals surface area (Å²) < 4.78 is 25.1. The molecule has 1 atom stereocenters. The van der Waals surface area contributed by atoms with Gasteiger partial charge >= 0.3 is 0 Å². The van der Waals surface area contributed by atoms with Crippen LogP contribution in [0.2, 0.25) is 5.02 Å². The molecule has 1 unspecified atom stereocenters. The van der Waals surface area contributed by atoms with Gasteiger partial charge in [-0.3, -0.25) is 9.69 Å². The van der Waals surface area contributed by atoms with Crippen molar-refractivity contribution < 1.29 is 13.2 Å². The number of carbonyl (C=O) groups is 1. The maximum Gasteiger partial charge on any atom is 0.238 e. The summed E-state index contributed by atoms with van der Waals surface area (Å²) in [6.07, 6.45) is 4.08. The van der Waals surface area contributed by atoms with Crippen LogP contribution in [0.5, 0.6) is 0 Å². The summed E-state index contributed by atoms with van der Waals surface area (Å²) in [7, 11) is -3.22. The molecule has 134 valence electrons. The number of likely N-dealkylation sites (tertiary alicyclic amines) is 1. The molecule has 1 fully saturated rings. The summed E-state index contributed by atoms with van der Waals surface area (Å²) in [4.78, 5) is 14.3. The largest absolute Gasteiger partial charge is 0.325 e. The first-order chi connectivity index (χ1) is 11.2. The maximum atomic E-state index is 12.3. The Balaban J connectivity index is 1.93. The van der Waals surface area contributed by atoms with E-state index in [4.69, 9.17) is 11.6 Å². The number of aryl methyl sites for hydroxylation is 1. The summed E-state index contributed by atoms with van der Waals surface area (Å²) in [5.74, 6) is -0.124. The lowest BCUT2D eigenvalue weighted by Crippen LogP contribution is -2.49. The van der Waals surface area contributed by atoms with E-state index in [-0.39, 0.29) is 18.5 Å². The van der Waals surface area contributed by atoms with Crippen molar-refractivity contribution in [3.05, 3.63) is 28.8 Å². The van der Waals surface area contributed by atoms with Crippen LogP contribution < -0.4 is 10.0 Å². The van der Waals surface area contributed by atoms with Crippen molar-refractivity contribution in [3.8, 4) is 0 Å². The number of sulfonamides is 1. The quantitative estimate of drug-likeness (QED) is 0.799. The first kappa shape index (κ1) is 19.2. The molecular weight excluding hydrogens is 350 g/mol. The molecule has 1 heterocycles. The summed E-state index contributed by atoms with van der Waals surface area (Å²) in [6.45, 7) is 3.27. The average molecular weight is 374 g/mol. The number of nitrogens with one attached hydrogen (secondary N) is 2. The van der Waals surface area contributed by atoms with E-state index in [1.807, 2.05) is 24.0 Å². The van der Waals surface area contributed by atoms with Crippen LogP contribution in [0, 0.1) is 6.92 Å². The highest BCUT2D eigenvalue weighted by molar-refractivity contribution is 7.88. The standard InChI is InChI=1S/C16H24ClN3O3S/c1-12-6-7-13(9-15(12)17)19-16(21)11-20-8-4-3-5-14(20)10-18-24(2,22)23/h6-7,9,14,18H,3-5,8,10-11H2,1-2H3,(H,19,21). The Morgan fingerprint density at radius 2 is 2.12 bits per heavy atom. The molecule has 8 heteroatoms. The average Bonchev–Trinajstić information content (AvgIpc) is 2.49. The fourth-order valence-electron chi connectivity index (χ4n) is 2.80. The Labute approximate surface area is 148 Å². The predicted octanol–water partition coefficient (Wildman–Crippen LogP) is 1.99. The normalized spacial score (nSPS) is 19.2. The van der Waals surface area contributed by atoms with Gasteiger partial charge in [-0.1, -0.05) is 24.1 Å². The number of amides is 1. The van der Waals surface area contributed by atoms with E-state index in [0.29, 0.717) is 17.3 Å². The van der Waals surface area contributed by atoms with Crippen molar-refractivity contribution in [1.82, 2.24) is 9.62 Å². The molecule has 1 aliphatic rings. The van der Waals surface area contributed by atoms with Gasteiger partial charge in [0.15, 0.2) is 0 Å². The molecule has 0 aromatic heterocycles. The third-order valence-corrected chi connectivity index (χ3v) is 5.23. The molecule has 2 rings (SSSR count). The topological polar surface area (TPSA) is 78.5 Å². The molecule has 0 radical (unpaired) electrons. The molecule has 24 heavy (non-hydrogen) atoms. The second-order valence-electron chi connectivity index (χ2n) is 6.25. The van der Waals surface area contributed by atoms with Gasteiger partial charge in [-0.05, 0) is 44.0 Å². The highest BCUT2D eigenvalue weighted by Gasteiger charge is 2.25. The lowest BCUT2D eigenvalue weighted by atomic mass is 10.0. The first-order valence-electron chi connectivity index (χ1n) is 7.99. The lowest BCUT2D eigenvalue weighted by Gasteiger charge is -2.35. The first-order valence-corrected chi connectivity index (χ1v) is 10.3. The van der Waals surface area contributed by atoms with Gasteiger partial charge in [-0.15, -0.1) is 0 Å². The number of carbonyl (C=O) groups excluding carboxylic acids is 1. The van der Waals surface area contributed by atoms with Gasteiger partial charge in [0, 0.05) is 23.3 Å².